The number of carboxylic acids is 1. The van der Waals surface area contributed by atoms with Crippen LogP contribution >= 0.6 is 23.2 Å². The van der Waals surface area contributed by atoms with Crippen LogP contribution in [-0.4, -0.2) is 41.6 Å². The molecule has 21 heavy (non-hydrogen) atoms. The van der Waals surface area contributed by atoms with Gasteiger partial charge in [-0.3, -0.25) is 9.59 Å². The zero-order valence-electron chi connectivity index (χ0n) is 11.4. The van der Waals surface area contributed by atoms with Crippen molar-refractivity contribution in [3.8, 4) is 5.75 Å². The van der Waals surface area contributed by atoms with Crippen molar-refractivity contribution in [2.45, 2.75) is 13.3 Å². The number of amides is 1. The molecule has 1 aromatic rings. The van der Waals surface area contributed by atoms with E-state index in [0.29, 0.717) is 28.8 Å². The molecule has 1 aromatic carbocycles. The van der Waals surface area contributed by atoms with Crippen molar-refractivity contribution in [3.63, 3.8) is 0 Å². The first-order valence-electron chi connectivity index (χ1n) is 6.40. The number of hydrogen-bond donors (Lipinski definition) is 1. The molecule has 1 fully saturated rings. The molecule has 1 saturated heterocycles. The first-order chi connectivity index (χ1) is 9.80. The lowest BCUT2D eigenvalue weighted by molar-refractivity contribution is -0.147. The van der Waals surface area contributed by atoms with E-state index in [1.54, 1.807) is 25.1 Å². The van der Waals surface area contributed by atoms with Crippen molar-refractivity contribution in [2.24, 2.45) is 5.41 Å². The highest BCUT2D eigenvalue weighted by Crippen LogP contribution is 2.30. The molecule has 1 amide bonds. The fourth-order valence-corrected chi connectivity index (χ4v) is 2.70. The number of carbonyl (C=O) groups excluding carboxylic acids is 1. The highest BCUT2D eigenvalue weighted by atomic mass is 35.5. The second-order valence-corrected chi connectivity index (χ2v) is 6.20. The summed E-state index contributed by atoms with van der Waals surface area (Å²) in [5.41, 5.74) is -0.880. The number of nitrogens with zero attached hydrogens (tertiary/aromatic N) is 1. The molecule has 1 heterocycles. The topological polar surface area (TPSA) is 66.8 Å². The first-order valence-corrected chi connectivity index (χ1v) is 7.16. The minimum absolute atomic E-state index is 0.174. The number of rotatable bonds is 4. The van der Waals surface area contributed by atoms with E-state index in [0.717, 1.165) is 0 Å². The zero-order valence-corrected chi connectivity index (χ0v) is 12.9. The number of benzene rings is 1. The normalized spacial score (nSPS) is 21.4. The predicted octanol–water partition coefficient (Wildman–Crippen LogP) is 2.70. The van der Waals surface area contributed by atoms with Crippen LogP contribution in [0.5, 0.6) is 5.75 Å². The van der Waals surface area contributed by atoms with Crippen LogP contribution in [0.2, 0.25) is 10.0 Å². The van der Waals surface area contributed by atoms with Gasteiger partial charge < -0.3 is 14.7 Å². The van der Waals surface area contributed by atoms with Crippen LogP contribution in [0.15, 0.2) is 18.2 Å². The number of likely N-dealkylation sites (tertiary alicyclic amines) is 1. The second kappa shape index (κ2) is 6.12. The molecule has 5 nitrogen and oxygen atoms in total. The van der Waals surface area contributed by atoms with Crippen LogP contribution in [0, 0.1) is 5.41 Å². The van der Waals surface area contributed by atoms with E-state index in [2.05, 4.69) is 0 Å². The number of carbonyl (C=O) groups is 2. The predicted molar refractivity (Wildman–Crippen MR) is 78.9 cm³/mol. The molecule has 2 rings (SSSR count). The smallest absolute Gasteiger partial charge is 0.311 e. The maximum atomic E-state index is 12.0. The summed E-state index contributed by atoms with van der Waals surface area (Å²) in [6.45, 7) is 2.08. The van der Waals surface area contributed by atoms with Gasteiger partial charge in [0.1, 0.15) is 5.75 Å². The third-order valence-electron chi connectivity index (χ3n) is 3.54. The van der Waals surface area contributed by atoms with Gasteiger partial charge in [0, 0.05) is 23.1 Å². The lowest BCUT2D eigenvalue weighted by atomic mass is 9.90. The average Bonchev–Trinajstić information content (AvgIpc) is 2.79. The van der Waals surface area contributed by atoms with Crippen LogP contribution in [0.1, 0.15) is 13.3 Å². The van der Waals surface area contributed by atoms with Crippen molar-refractivity contribution >= 4 is 35.1 Å². The van der Waals surface area contributed by atoms with Crippen molar-refractivity contribution in [1.29, 1.82) is 0 Å². The molecule has 0 aliphatic carbocycles. The minimum atomic E-state index is -0.889. The molecule has 0 radical (unpaired) electrons. The number of aliphatic carboxylic acids is 1. The van der Waals surface area contributed by atoms with Crippen LogP contribution < -0.4 is 4.74 Å². The number of halogens is 2. The molecule has 0 spiro atoms. The second-order valence-electron chi connectivity index (χ2n) is 5.32. The van der Waals surface area contributed by atoms with Gasteiger partial charge >= 0.3 is 5.97 Å². The Morgan fingerprint density at radius 2 is 1.95 bits per heavy atom. The van der Waals surface area contributed by atoms with E-state index in [4.69, 9.17) is 33.0 Å². The summed E-state index contributed by atoms with van der Waals surface area (Å²) >= 11 is 11.7. The molecule has 1 atom stereocenters. The first kappa shape index (κ1) is 15.9. The summed E-state index contributed by atoms with van der Waals surface area (Å²) in [7, 11) is 0. The molecular weight excluding hydrogens is 317 g/mol. The summed E-state index contributed by atoms with van der Waals surface area (Å²) in [5, 5.41) is 9.98. The average molecular weight is 332 g/mol. The Bertz CT molecular complexity index is 558. The standard InChI is InChI=1S/C14H15Cl2NO4/c1-14(13(19)20)2-3-17(8-14)12(18)7-21-11-5-9(15)4-10(16)6-11/h4-6H,2-3,7-8H2,1H3,(H,19,20). The molecule has 0 bridgehead atoms. The van der Waals surface area contributed by atoms with Gasteiger partial charge in [0.05, 0.1) is 5.41 Å². The maximum Gasteiger partial charge on any atom is 0.311 e. The maximum absolute atomic E-state index is 12.0. The van der Waals surface area contributed by atoms with E-state index >= 15 is 0 Å². The Kier molecular flexibility index (Phi) is 4.64. The third kappa shape index (κ3) is 3.80. The van der Waals surface area contributed by atoms with Crippen molar-refractivity contribution in [2.75, 3.05) is 19.7 Å². The van der Waals surface area contributed by atoms with E-state index in [1.165, 1.54) is 4.90 Å². The summed E-state index contributed by atoms with van der Waals surface area (Å²) < 4.78 is 5.36. The van der Waals surface area contributed by atoms with Gasteiger partial charge in [-0.25, -0.2) is 0 Å². The molecule has 114 valence electrons. The van der Waals surface area contributed by atoms with E-state index in [1.807, 2.05) is 0 Å². The number of carboxylic acid groups (broad SMARTS) is 1. The SMILES string of the molecule is CC1(C(=O)O)CCN(C(=O)COc2cc(Cl)cc(Cl)c2)C1. The van der Waals surface area contributed by atoms with Gasteiger partial charge in [-0.15, -0.1) is 0 Å². The molecule has 1 unspecified atom stereocenters. The van der Waals surface area contributed by atoms with Gasteiger partial charge in [-0.2, -0.15) is 0 Å². The Balaban J connectivity index is 1.92. The van der Waals surface area contributed by atoms with E-state index in [9.17, 15) is 9.59 Å². The Hall–Kier alpha value is -1.46. The molecule has 1 aliphatic rings. The fraction of sp³-hybridized carbons (Fsp3) is 0.429. The van der Waals surface area contributed by atoms with Gasteiger partial charge in [0.25, 0.3) is 5.91 Å². The fourth-order valence-electron chi connectivity index (χ4n) is 2.20. The van der Waals surface area contributed by atoms with Crippen LogP contribution in [0.3, 0.4) is 0 Å². The lowest BCUT2D eigenvalue weighted by Gasteiger charge is -2.20. The summed E-state index contributed by atoms with van der Waals surface area (Å²) in [6, 6.07) is 4.69. The highest BCUT2D eigenvalue weighted by molar-refractivity contribution is 6.34. The Morgan fingerprint density at radius 3 is 2.48 bits per heavy atom. The number of hydrogen-bond acceptors (Lipinski definition) is 3. The van der Waals surface area contributed by atoms with Gasteiger partial charge in [-0.1, -0.05) is 23.2 Å². The van der Waals surface area contributed by atoms with Gasteiger partial charge in [0.15, 0.2) is 6.61 Å². The van der Waals surface area contributed by atoms with Crippen molar-refractivity contribution in [3.05, 3.63) is 28.2 Å². The van der Waals surface area contributed by atoms with E-state index in [-0.39, 0.29) is 19.1 Å². The molecule has 1 N–H and O–H groups in total. The Labute approximate surface area is 132 Å². The number of ether oxygens (including phenoxy) is 1. The largest absolute Gasteiger partial charge is 0.484 e. The molecule has 0 aromatic heterocycles. The van der Waals surface area contributed by atoms with Crippen LogP contribution in [0.4, 0.5) is 0 Å². The molecular formula is C14H15Cl2NO4. The molecule has 0 saturated carbocycles. The summed E-state index contributed by atoms with van der Waals surface area (Å²) in [4.78, 5) is 24.7. The Morgan fingerprint density at radius 1 is 1.33 bits per heavy atom. The zero-order chi connectivity index (χ0) is 15.6. The summed E-state index contributed by atoms with van der Waals surface area (Å²) in [5.74, 6) is -0.738. The summed E-state index contributed by atoms with van der Waals surface area (Å²) in [6.07, 6.45) is 0.442. The molecule has 1 aliphatic heterocycles. The van der Waals surface area contributed by atoms with Crippen molar-refractivity contribution < 1.29 is 19.4 Å². The van der Waals surface area contributed by atoms with E-state index < -0.39 is 11.4 Å². The third-order valence-corrected chi connectivity index (χ3v) is 3.98. The highest BCUT2D eigenvalue weighted by Gasteiger charge is 2.42. The molecule has 7 heteroatoms. The quantitative estimate of drug-likeness (QED) is 0.921. The minimum Gasteiger partial charge on any atom is -0.484 e. The van der Waals surface area contributed by atoms with Gasteiger partial charge in [-0.05, 0) is 31.5 Å². The van der Waals surface area contributed by atoms with Crippen LogP contribution in [-0.2, 0) is 9.59 Å². The van der Waals surface area contributed by atoms with Gasteiger partial charge in [0.2, 0.25) is 0 Å². The lowest BCUT2D eigenvalue weighted by Crippen LogP contribution is -2.37. The van der Waals surface area contributed by atoms with Crippen LogP contribution in [0.25, 0.3) is 0 Å². The van der Waals surface area contributed by atoms with Crippen molar-refractivity contribution in [1.82, 2.24) is 4.90 Å². The monoisotopic (exact) mass is 331 g/mol.